The summed E-state index contributed by atoms with van der Waals surface area (Å²) in [5.41, 5.74) is 0. The third-order valence-corrected chi connectivity index (χ3v) is 3.96. The summed E-state index contributed by atoms with van der Waals surface area (Å²) in [4.78, 5) is 0. The largest absolute Gasteiger partial charge is 0.255 e. The maximum absolute atomic E-state index is 5.87. The molecule has 0 N–H and O–H groups in total. The highest BCUT2D eigenvalue weighted by Gasteiger charge is 2.15. The number of nitrogens with zero attached hydrogens (tertiary/aromatic N) is 1. The van der Waals surface area contributed by atoms with E-state index in [4.69, 9.17) is 28.9 Å². The molecule has 0 aliphatic heterocycles. The molecule has 13 heavy (non-hydrogen) atoms. The van der Waals surface area contributed by atoms with Crippen molar-refractivity contribution in [2.24, 2.45) is 0 Å². The molecule has 0 aliphatic rings. The zero-order valence-corrected chi connectivity index (χ0v) is 10.5. The first-order chi connectivity index (χ1) is 6.09. The standard InChI is InChI=1S/C9H16Cl2NP/c1-4-5-6-7-8-12(9(2)3)13(10)11/h1,9H,5-8H2,2-3H3. The average Bonchev–Trinajstić information content (AvgIpc) is 2.02. The fourth-order valence-electron chi connectivity index (χ4n) is 1.01. The molecule has 0 unspecified atom stereocenters. The van der Waals surface area contributed by atoms with E-state index in [2.05, 4.69) is 24.4 Å². The van der Waals surface area contributed by atoms with Gasteiger partial charge in [0.25, 0.3) is 0 Å². The molecule has 0 saturated heterocycles. The maximum atomic E-state index is 5.87. The molecule has 76 valence electrons. The molecule has 0 bridgehead atoms. The second kappa shape index (κ2) is 7.89. The zero-order valence-electron chi connectivity index (χ0n) is 8.13. The van der Waals surface area contributed by atoms with E-state index < -0.39 is 6.78 Å². The fraction of sp³-hybridized carbons (Fsp3) is 0.778. The van der Waals surface area contributed by atoms with Crippen LogP contribution >= 0.6 is 29.3 Å². The van der Waals surface area contributed by atoms with Gasteiger partial charge in [0.05, 0.1) is 0 Å². The number of terminal acetylenes is 1. The highest BCUT2D eigenvalue weighted by atomic mass is 35.9. The van der Waals surface area contributed by atoms with E-state index >= 15 is 0 Å². The maximum Gasteiger partial charge on any atom is 0.160 e. The van der Waals surface area contributed by atoms with E-state index in [0.717, 1.165) is 25.8 Å². The van der Waals surface area contributed by atoms with Crippen molar-refractivity contribution in [3.05, 3.63) is 0 Å². The van der Waals surface area contributed by atoms with Crippen molar-refractivity contribution in [1.29, 1.82) is 0 Å². The normalized spacial score (nSPS) is 11.2. The average molecular weight is 240 g/mol. The summed E-state index contributed by atoms with van der Waals surface area (Å²) >= 11 is 11.7. The lowest BCUT2D eigenvalue weighted by molar-refractivity contribution is 0.381. The summed E-state index contributed by atoms with van der Waals surface area (Å²) in [6, 6.07) is 0.409. The number of hydrogen-bond acceptors (Lipinski definition) is 1. The zero-order chi connectivity index (χ0) is 10.3. The van der Waals surface area contributed by atoms with Crippen molar-refractivity contribution in [2.45, 2.75) is 39.2 Å². The molecule has 0 aromatic rings. The molecule has 0 aromatic carbocycles. The number of rotatable bonds is 6. The minimum absolute atomic E-state index is 0.409. The molecule has 0 heterocycles. The quantitative estimate of drug-likeness (QED) is 0.382. The van der Waals surface area contributed by atoms with Crippen molar-refractivity contribution in [1.82, 2.24) is 4.67 Å². The Balaban J connectivity index is 3.65. The Labute approximate surface area is 92.2 Å². The van der Waals surface area contributed by atoms with E-state index in [1.807, 2.05) is 0 Å². The molecular formula is C9H16Cl2NP. The summed E-state index contributed by atoms with van der Waals surface area (Å²) < 4.78 is 2.11. The molecule has 0 aliphatic carbocycles. The lowest BCUT2D eigenvalue weighted by atomic mass is 10.2. The minimum Gasteiger partial charge on any atom is -0.255 e. The molecule has 0 saturated carbocycles. The molecular weight excluding hydrogens is 224 g/mol. The third-order valence-electron chi connectivity index (χ3n) is 1.75. The minimum atomic E-state index is -0.998. The van der Waals surface area contributed by atoms with Crippen molar-refractivity contribution in [3.63, 3.8) is 0 Å². The van der Waals surface area contributed by atoms with Crippen LogP contribution in [0.5, 0.6) is 0 Å². The first-order valence-corrected chi connectivity index (χ1v) is 7.51. The van der Waals surface area contributed by atoms with Gasteiger partial charge in [0.1, 0.15) is 0 Å². The lowest BCUT2D eigenvalue weighted by Crippen LogP contribution is -2.24. The molecule has 1 nitrogen and oxygen atoms in total. The van der Waals surface area contributed by atoms with Gasteiger partial charge in [0.2, 0.25) is 0 Å². The van der Waals surface area contributed by atoms with Gasteiger partial charge in [-0.1, -0.05) is 22.5 Å². The molecule has 0 amide bonds. The van der Waals surface area contributed by atoms with Crippen molar-refractivity contribution in [3.8, 4) is 12.3 Å². The highest BCUT2D eigenvalue weighted by molar-refractivity contribution is 8.02. The van der Waals surface area contributed by atoms with Gasteiger partial charge in [0, 0.05) is 19.0 Å². The van der Waals surface area contributed by atoms with Gasteiger partial charge in [-0.25, -0.2) is 0 Å². The first kappa shape index (κ1) is 13.5. The van der Waals surface area contributed by atoms with Crippen LogP contribution in [0.3, 0.4) is 0 Å². The summed E-state index contributed by atoms with van der Waals surface area (Å²) in [6.07, 6.45) is 8.12. The first-order valence-electron chi connectivity index (χ1n) is 4.41. The highest BCUT2D eigenvalue weighted by Crippen LogP contribution is 2.51. The third kappa shape index (κ3) is 6.58. The molecule has 0 fully saturated rings. The smallest absolute Gasteiger partial charge is 0.160 e. The van der Waals surface area contributed by atoms with Crippen molar-refractivity contribution < 1.29 is 0 Å². The molecule has 4 heteroatoms. The van der Waals surface area contributed by atoms with Gasteiger partial charge >= 0.3 is 0 Å². The predicted octanol–water partition coefficient (Wildman–Crippen LogP) is 4.20. The van der Waals surface area contributed by atoms with E-state index in [0.29, 0.717) is 6.04 Å². The Morgan fingerprint density at radius 2 is 2.00 bits per heavy atom. The Bertz CT molecular complexity index is 157. The van der Waals surface area contributed by atoms with Crippen LogP contribution in [-0.4, -0.2) is 17.3 Å². The number of unbranched alkanes of at least 4 members (excludes halogenated alkanes) is 2. The molecule has 0 aromatic heterocycles. The van der Waals surface area contributed by atoms with Gasteiger partial charge in [-0.15, -0.1) is 12.3 Å². The van der Waals surface area contributed by atoms with Crippen molar-refractivity contribution in [2.75, 3.05) is 6.54 Å². The summed E-state index contributed by atoms with van der Waals surface area (Å²) in [5.74, 6) is 2.62. The van der Waals surface area contributed by atoms with Gasteiger partial charge in [-0.05, 0) is 26.7 Å². The molecule has 0 radical (unpaired) electrons. The monoisotopic (exact) mass is 239 g/mol. The van der Waals surface area contributed by atoms with Crippen LogP contribution in [0.25, 0.3) is 0 Å². The van der Waals surface area contributed by atoms with Gasteiger partial charge in [-0.3, -0.25) is 4.67 Å². The Hall–Kier alpha value is 0.530. The lowest BCUT2D eigenvalue weighted by Gasteiger charge is -2.26. The summed E-state index contributed by atoms with van der Waals surface area (Å²) in [7, 11) is 0. The van der Waals surface area contributed by atoms with E-state index in [-0.39, 0.29) is 0 Å². The summed E-state index contributed by atoms with van der Waals surface area (Å²) in [6.45, 7) is 4.14. The van der Waals surface area contributed by atoms with Crippen LogP contribution in [0.2, 0.25) is 0 Å². The topological polar surface area (TPSA) is 3.24 Å². The van der Waals surface area contributed by atoms with Crippen LogP contribution in [-0.2, 0) is 0 Å². The second-order valence-electron chi connectivity index (χ2n) is 3.13. The molecule has 0 spiro atoms. The van der Waals surface area contributed by atoms with Gasteiger partial charge < -0.3 is 0 Å². The van der Waals surface area contributed by atoms with Gasteiger partial charge in [0.15, 0.2) is 6.78 Å². The van der Waals surface area contributed by atoms with Gasteiger partial charge in [-0.2, -0.15) is 0 Å². The van der Waals surface area contributed by atoms with Crippen molar-refractivity contribution >= 4 is 29.3 Å². The number of hydrogen-bond donors (Lipinski definition) is 0. The van der Waals surface area contributed by atoms with Crippen LogP contribution in [0, 0.1) is 12.3 Å². The summed E-state index contributed by atoms with van der Waals surface area (Å²) in [5, 5.41) is 0. The number of halogens is 2. The van der Waals surface area contributed by atoms with E-state index in [9.17, 15) is 0 Å². The van der Waals surface area contributed by atoms with E-state index in [1.54, 1.807) is 0 Å². The Morgan fingerprint density at radius 1 is 1.38 bits per heavy atom. The van der Waals surface area contributed by atoms with Crippen LogP contribution < -0.4 is 0 Å². The molecule has 0 atom stereocenters. The SMILES string of the molecule is C#CCCCCN(C(C)C)P(Cl)Cl. The predicted molar refractivity (Wildman–Crippen MR) is 63.2 cm³/mol. The Morgan fingerprint density at radius 3 is 2.38 bits per heavy atom. The van der Waals surface area contributed by atoms with E-state index in [1.165, 1.54) is 0 Å². The fourth-order valence-corrected chi connectivity index (χ4v) is 3.15. The Kier molecular flexibility index (Phi) is 8.21. The second-order valence-corrected chi connectivity index (χ2v) is 6.52. The van der Waals surface area contributed by atoms with Crippen LogP contribution in [0.15, 0.2) is 0 Å². The van der Waals surface area contributed by atoms with Crippen LogP contribution in [0.4, 0.5) is 0 Å². The molecule has 0 rings (SSSR count). The van der Waals surface area contributed by atoms with Crippen LogP contribution in [0.1, 0.15) is 33.1 Å².